The van der Waals surface area contributed by atoms with Crippen LogP contribution in [0.1, 0.15) is 35.7 Å². The molecule has 3 atom stereocenters. The minimum Gasteiger partial charge on any atom is -0.372 e. The molecule has 1 amide bonds. The Balaban J connectivity index is 1.60. The van der Waals surface area contributed by atoms with Crippen molar-refractivity contribution in [3.8, 4) is 11.4 Å². The third-order valence-corrected chi connectivity index (χ3v) is 5.58. The first kappa shape index (κ1) is 24.5. The van der Waals surface area contributed by atoms with Gasteiger partial charge in [0.25, 0.3) is 5.91 Å². The summed E-state index contributed by atoms with van der Waals surface area (Å²) in [7, 11) is 0. The highest BCUT2D eigenvalue weighted by molar-refractivity contribution is 5.98. The topological polar surface area (TPSA) is 106 Å². The Bertz CT molecular complexity index is 1180. The van der Waals surface area contributed by atoms with E-state index in [9.17, 15) is 18.0 Å². The Morgan fingerprint density at radius 1 is 1.14 bits per heavy atom. The number of alkyl halides is 3. The number of hydrogen-bond donors (Lipinski definition) is 1. The van der Waals surface area contributed by atoms with E-state index < -0.39 is 17.9 Å². The highest BCUT2D eigenvalue weighted by atomic mass is 19.4. The fourth-order valence-electron chi connectivity index (χ4n) is 3.92. The molecule has 184 valence electrons. The number of amides is 1. The van der Waals surface area contributed by atoms with Crippen LogP contribution < -0.4 is 5.32 Å². The van der Waals surface area contributed by atoms with Crippen molar-refractivity contribution < 1.29 is 22.7 Å². The van der Waals surface area contributed by atoms with Gasteiger partial charge in [0, 0.05) is 31.2 Å². The number of aryl methyl sites for hydroxylation is 1. The Hall–Kier alpha value is -3.67. The van der Waals surface area contributed by atoms with Gasteiger partial charge in [0.2, 0.25) is 0 Å². The van der Waals surface area contributed by atoms with Gasteiger partial charge in [0.05, 0.1) is 36.2 Å². The van der Waals surface area contributed by atoms with Crippen molar-refractivity contribution in [2.45, 2.75) is 45.2 Å². The molecule has 0 spiro atoms. The molecule has 0 aliphatic carbocycles. The molecule has 9 nitrogen and oxygen atoms in total. The van der Waals surface area contributed by atoms with Crippen LogP contribution in [0.4, 0.5) is 19.0 Å². The number of halogens is 3. The summed E-state index contributed by atoms with van der Waals surface area (Å²) in [5.74, 6) is 0.221. The van der Waals surface area contributed by atoms with Gasteiger partial charge >= 0.3 is 6.18 Å². The highest BCUT2D eigenvalue weighted by Crippen LogP contribution is 2.28. The number of anilines is 1. The van der Waals surface area contributed by atoms with Crippen LogP contribution in [0.15, 0.2) is 43.0 Å². The maximum atomic E-state index is 13.8. The van der Waals surface area contributed by atoms with Crippen LogP contribution >= 0.6 is 0 Å². The van der Waals surface area contributed by atoms with Gasteiger partial charge in [0.1, 0.15) is 11.5 Å². The number of rotatable bonds is 5. The Labute approximate surface area is 199 Å². The van der Waals surface area contributed by atoms with E-state index in [4.69, 9.17) is 4.74 Å². The molecule has 0 unspecified atom stereocenters. The second-order valence-electron chi connectivity index (χ2n) is 8.26. The zero-order valence-electron chi connectivity index (χ0n) is 19.3. The van der Waals surface area contributed by atoms with E-state index in [0.29, 0.717) is 29.8 Å². The van der Waals surface area contributed by atoms with E-state index in [-0.39, 0.29) is 36.2 Å². The van der Waals surface area contributed by atoms with Gasteiger partial charge in [-0.25, -0.2) is 24.9 Å². The summed E-state index contributed by atoms with van der Waals surface area (Å²) in [6.45, 7) is 5.99. The first-order valence-corrected chi connectivity index (χ1v) is 11.0. The second-order valence-corrected chi connectivity index (χ2v) is 8.26. The van der Waals surface area contributed by atoms with Gasteiger partial charge in [-0.3, -0.25) is 4.79 Å². The number of ether oxygens (including phenoxy) is 1. The summed E-state index contributed by atoms with van der Waals surface area (Å²) in [6, 6.07) is 4.79. The van der Waals surface area contributed by atoms with Gasteiger partial charge < -0.3 is 15.0 Å². The summed E-state index contributed by atoms with van der Waals surface area (Å²) in [6.07, 6.45) is -0.301. The first-order chi connectivity index (χ1) is 16.6. The minimum absolute atomic E-state index is 0.156. The van der Waals surface area contributed by atoms with Crippen molar-refractivity contribution >= 4 is 11.7 Å². The second kappa shape index (κ2) is 9.90. The zero-order chi connectivity index (χ0) is 25.2. The van der Waals surface area contributed by atoms with Crippen molar-refractivity contribution in [1.29, 1.82) is 0 Å². The van der Waals surface area contributed by atoms with Crippen LogP contribution in [0.3, 0.4) is 0 Å². The predicted molar refractivity (Wildman–Crippen MR) is 120 cm³/mol. The molecule has 0 saturated carbocycles. The fourth-order valence-corrected chi connectivity index (χ4v) is 3.92. The standard InChI is InChI=1S/C23H24F3N7O2/c1-13-5-6-16(21-27-7-4-8-28-21)20(32-13)22(34)33-12-14(2)35-15(3)17(33)9-30-19-11-29-18(10-31-19)23(24,25)26/h4-8,10-11,14-15,17H,9,12H2,1-3H3,(H,30,31)/t14-,15+,17-/m1/s1. The molecule has 3 aromatic heterocycles. The Morgan fingerprint density at radius 3 is 2.54 bits per heavy atom. The molecule has 1 aliphatic heterocycles. The molecule has 0 bridgehead atoms. The molecule has 12 heteroatoms. The normalized spacial score (nSPS) is 20.5. The van der Waals surface area contributed by atoms with Crippen LogP contribution in [-0.4, -0.2) is 67.1 Å². The monoisotopic (exact) mass is 487 g/mol. The van der Waals surface area contributed by atoms with Gasteiger partial charge in [-0.2, -0.15) is 13.2 Å². The molecule has 35 heavy (non-hydrogen) atoms. The number of carbonyl (C=O) groups excluding carboxylic acids is 1. The summed E-state index contributed by atoms with van der Waals surface area (Å²) >= 11 is 0. The van der Waals surface area contributed by atoms with E-state index in [2.05, 4.69) is 30.2 Å². The highest BCUT2D eigenvalue weighted by Gasteiger charge is 2.38. The molecule has 4 rings (SSSR count). The Morgan fingerprint density at radius 2 is 1.89 bits per heavy atom. The molecule has 4 heterocycles. The molecular formula is C23H24F3N7O2. The quantitative estimate of drug-likeness (QED) is 0.584. The van der Waals surface area contributed by atoms with Crippen molar-refractivity contribution in [3.63, 3.8) is 0 Å². The number of hydrogen-bond acceptors (Lipinski definition) is 8. The van der Waals surface area contributed by atoms with Crippen molar-refractivity contribution in [2.24, 2.45) is 0 Å². The van der Waals surface area contributed by atoms with Crippen LogP contribution in [0, 0.1) is 6.92 Å². The fraction of sp³-hybridized carbons (Fsp3) is 0.391. The number of nitrogens with one attached hydrogen (secondary N) is 1. The lowest BCUT2D eigenvalue weighted by Crippen LogP contribution is -2.58. The van der Waals surface area contributed by atoms with E-state index in [0.717, 1.165) is 6.20 Å². The molecule has 0 aromatic carbocycles. The van der Waals surface area contributed by atoms with E-state index >= 15 is 0 Å². The van der Waals surface area contributed by atoms with Crippen LogP contribution in [0.25, 0.3) is 11.4 Å². The number of morpholine rings is 1. The lowest BCUT2D eigenvalue weighted by atomic mass is 10.0. The smallest absolute Gasteiger partial charge is 0.372 e. The molecule has 1 fully saturated rings. The average molecular weight is 487 g/mol. The maximum Gasteiger partial charge on any atom is 0.434 e. The lowest BCUT2D eigenvalue weighted by Gasteiger charge is -2.43. The average Bonchev–Trinajstić information content (AvgIpc) is 2.83. The lowest BCUT2D eigenvalue weighted by molar-refractivity contribution is -0.141. The first-order valence-electron chi connectivity index (χ1n) is 11.0. The summed E-state index contributed by atoms with van der Waals surface area (Å²) in [5, 5.41) is 2.97. The van der Waals surface area contributed by atoms with Crippen LogP contribution in [0.2, 0.25) is 0 Å². The molecule has 3 aromatic rings. The van der Waals surface area contributed by atoms with Gasteiger partial charge in [-0.05, 0) is 39.0 Å². The summed E-state index contributed by atoms with van der Waals surface area (Å²) < 4.78 is 44.3. The molecular weight excluding hydrogens is 463 g/mol. The van der Waals surface area contributed by atoms with E-state index in [1.807, 2.05) is 13.8 Å². The molecule has 1 aliphatic rings. The number of aromatic nitrogens is 5. The van der Waals surface area contributed by atoms with E-state index in [1.165, 1.54) is 0 Å². The van der Waals surface area contributed by atoms with E-state index in [1.54, 1.807) is 42.4 Å². The summed E-state index contributed by atoms with van der Waals surface area (Å²) in [5.41, 5.74) is 0.312. The van der Waals surface area contributed by atoms with Gasteiger partial charge in [-0.15, -0.1) is 0 Å². The summed E-state index contributed by atoms with van der Waals surface area (Å²) in [4.78, 5) is 35.7. The van der Waals surface area contributed by atoms with Gasteiger partial charge in [0.15, 0.2) is 11.5 Å². The zero-order valence-corrected chi connectivity index (χ0v) is 19.3. The number of pyridine rings is 1. The van der Waals surface area contributed by atoms with Crippen LogP contribution in [0.5, 0.6) is 0 Å². The van der Waals surface area contributed by atoms with Gasteiger partial charge in [-0.1, -0.05) is 0 Å². The number of nitrogens with zero attached hydrogens (tertiary/aromatic N) is 6. The largest absolute Gasteiger partial charge is 0.434 e. The minimum atomic E-state index is -4.57. The molecule has 0 radical (unpaired) electrons. The maximum absolute atomic E-state index is 13.8. The predicted octanol–water partition coefficient (Wildman–Crippen LogP) is 3.39. The molecule has 1 saturated heterocycles. The third-order valence-electron chi connectivity index (χ3n) is 5.58. The van der Waals surface area contributed by atoms with Crippen LogP contribution in [-0.2, 0) is 10.9 Å². The molecule has 1 N–H and O–H groups in total. The van der Waals surface area contributed by atoms with Crippen molar-refractivity contribution in [2.75, 3.05) is 18.4 Å². The Kier molecular flexibility index (Phi) is 6.92. The van der Waals surface area contributed by atoms with Crippen molar-refractivity contribution in [3.05, 3.63) is 60.1 Å². The van der Waals surface area contributed by atoms with Crippen molar-refractivity contribution in [1.82, 2.24) is 29.8 Å². The third kappa shape index (κ3) is 5.53. The number of carbonyl (C=O) groups is 1. The SMILES string of the molecule is Cc1ccc(-c2ncccn2)c(C(=O)N2C[C@@H](C)O[C@@H](C)[C@H]2CNc2cnc(C(F)(F)F)cn2)n1.